The molecule has 3 aliphatic heterocycles. The third-order valence-electron chi connectivity index (χ3n) is 12.8. The van der Waals surface area contributed by atoms with Gasteiger partial charge < -0.3 is 25.5 Å². The van der Waals surface area contributed by atoms with Crippen molar-refractivity contribution in [2.75, 3.05) is 59.0 Å². The van der Waals surface area contributed by atoms with Gasteiger partial charge in [-0.2, -0.15) is 0 Å². The second-order valence-corrected chi connectivity index (χ2v) is 19.9. The summed E-state index contributed by atoms with van der Waals surface area (Å²) < 4.78 is 42.0. The van der Waals surface area contributed by atoms with Gasteiger partial charge in [0.15, 0.2) is 0 Å². The normalized spacial score (nSPS) is 22.2. The third-order valence-corrected chi connectivity index (χ3v) is 15.2. The molecule has 15 nitrogen and oxygen atoms in total. The second-order valence-electron chi connectivity index (χ2n) is 17.7. The van der Waals surface area contributed by atoms with Crippen molar-refractivity contribution < 1.29 is 42.5 Å². The summed E-state index contributed by atoms with van der Waals surface area (Å²) in [4.78, 5) is 50.4. The number of aliphatic carboxylic acids is 1. The Morgan fingerprint density at radius 3 is 2.17 bits per heavy atom. The first-order valence-electron chi connectivity index (χ1n) is 20.9. The highest BCUT2D eigenvalue weighted by Crippen LogP contribution is 2.41. The van der Waals surface area contributed by atoms with Gasteiger partial charge in [0.05, 0.1) is 35.2 Å². The van der Waals surface area contributed by atoms with E-state index >= 15 is 0 Å². The van der Waals surface area contributed by atoms with Gasteiger partial charge in [0.2, 0.25) is 15.9 Å². The number of benzene rings is 1. The van der Waals surface area contributed by atoms with Crippen LogP contribution in [-0.4, -0.2) is 152 Å². The highest BCUT2D eigenvalue weighted by molar-refractivity contribution is 7.90. The van der Waals surface area contributed by atoms with Crippen LogP contribution in [0.3, 0.4) is 0 Å². The number of carbonyl (C=O) groups excluding carboxylic acids is 2. The molecular formula is C42H64FN7O8S. The lowest BCUT2D eigenvalue weighted by atomic mass is 9.82. The largest absolute Gasteiger partial charge is 0.481 e. The Morgan fingerprint density at radius 2 is 1.63 bits per heavy atom. The molecule has 3 saturated heterocycles. The molecule has 1 saturated carbocycles. The van der Waals surface area contributed by atoms with Crippen molar-refractivity contribution in [3.63, 3.8) is 0 Å². The molecule has 1 aromatic carbocycles. The first kappa shape index (κ1) is 46.5. The number of hydrogen-bond acceptors (Lipinski definition) is 11. The number of sulfonamides is 1. The number of amides is 2. The number of likely N-dealkylation sites (tertiary alicyclic amines) is 1. The van der Waals surface area contributed by atoms with Crippen LogP contribution in [0, 0.1) is 31.0 Å². The van der Waals surface area contributed by atoms with Crippen LogP contribution in [-0.2, 0) is 19.6 Å². The lowest BCUT2D eigenvalue weighted by Gasteiger charge is -2.54. The van der Waals surface area contributed by atoms with Gasteiger partial charge in [-0.05, 0) is 89.8 Å². The number of carbonyl (C=O) groups is 3. The summed E-state index contributed by atoms with van der Waals surface area (Å²) in [7, 11) is -3.18. The molecule has 1 aromatic heterocycles. The van der Waals surface area contributed by atoms with Gasteiger partial charge in [-0.1, -0.05) is 26.0 Å². The lowest BCUT2D eigenvalue weighted by molar-refractivity contribution is -0.138. The Balaban J connectivity index is 0.000000376. The van der Waals surface area contributed by atoms with Crippen molar-refractivity contribution in [3.05, 3.63) is 58.9 Å². The Bertz CT molecular complexity index is 1880. The van der Waals surface area contributed by atoms with E-state index in [1.165, 1.54) is 26.2 Å². The van der Waals surface area contributed by atoms with Crippen molar-refractivity contribution in [3.8, 4) is 0 Å². The minimum absolute atomic E-state index is 0.00866. The average molecular weight is 846 g/mol. The molecule has 0 spiro atoms. The number of nitrogens with one attached hydrogen (secondary N) is 1. The standard InChI is InChI=1S/C33H47FN6O3S.C9H17NO5/c1-23-21-38(33(4)12-16-37(17-13-33)32(41)30-24(2)35-22-36-25(30)3)18-19-40(23)31(27-6-5-7-28(34)20-27)26-10-14-39(15-11-26)44(42,43)29-8-9-29;1-9(2,5-11)7(14)8(15)10-4-3-6(12)13/h5-7,20,22-23,26,29,31H,8-19,21H2,1-4H3;7,11,14H,3-5H2,1-2H3,(H,10,15)(H,12,13)/t23-,31+;7-/m10/s1. The Hall–Kier alpha value is -3.61. The Kier molecular flexibility index (Phi) is 15.3. The molecule has 0 unspecified atom stereocenters. The highest BCUT2D eigenvalue weighted by Gasteiger charge is 2.45. The molecule has 6 rings (SSSR count). The number of aliphatic hydroxyl groups excluding tert-OH is 2. The van der Waals surface area contributed by atoms with Gasteiger partial charge in [0.25, 0.3) is 5.91 Å². The first-order chi connectivity index (χ1) is 27.8. The molecule has 4 heterocycles. The van der Waals surface area contributed by atoms with E-state index in [1.807, 2.05) is 24.8 Å². The fourth-order valence-corrected chi connectivity index (χ4v) is 10.6. The molecule has 2 amide bonds. The first-order valence-corrected chi connectivity index (χ1v) is 22.4. The molecule has 0 bridgehead atoms. The van der Waals surface area contributed by atoms with Gasteiger partial charge in [0.1, 0.15) is 18.2 Å². The summed E-state index contributed by atoms with van der Waals surface area (Å²) in [5.41, 5.74) is 2.12. The molecule has 4 fully saturated rings. The predicted molar refractivity (Wildman–Crippen MR) is 220 cm³/mol. The van der Waals surface area contributed by atoms with E-state index in [2.05, 4.69) is 38.9 Å². The van der Waals surface area contributed by atoms with Gasteiger partial charge in [-0.3, -0.25) is 24.2 Å². The van der Waals surface area contributed by atoms with Crippen molar-refractivity contribution in [1.82, 2.24) is 34.3 Å². The molecule has 4 N–H and O–H groups in total. The molecule has 1 aliphatic carbocycles. The number of aliphatic hydroxyl groups is 2. The van der Waals surface area contributed by atoms with Crippen LogP contribution in [0.15, 0.2) is 30.6 Å². The molecule has 59 heavy (non-hydrogen) atoms. The van der Waals surface area contributed by atoms with Gasteiger partial charge in [0, 0.05) is 75.4 Å². The van der Waals surface area contributed by atoms with Crippen molar-refractivity contribution in [1.29, 1.82) is 0 Å². The molecule has 3 atom stereocenters. The minimum atomic E-state index is -3.18. The van der Waals surface area contributed by atoms with Crippen LogP contribution in [0.2, 0.25) is 0 Å². The van der Waals surface area contributed by atoms with Gasteiger partial charge in [-0.25, -0.2) is 27.1 Å². The number of aromatic nitrogens is 2. The fraction of sp³-hybridized carbons (Fsp3) is 0.690. The maximum atomic E-state index is 14.5. The summed E-state index contributed by atoms with van der Waals surface area (Å²) in [6.45, 7) is 16.2. The Labute approximate surface area is 348 Å². The number of carboxylic acids is 1. The van der Waals surface area contributed by atoms with Crippen molar-refractivity contribution >= 4 is 27.8 Å². The van der Waals surface area contributed by atoms with Crippen LogP contribution in [0.4, 0.5) is 4.39 Å². The molecule has 0 radical (unpaired) electrons. The fourth-order valence-electron chi connectivity index (χ4n) is 8.72. The van der Waals surface area contributed by atoms with Crippen LogP contribution >= 0.6 is 0 Å². The van der Waals surface area contributed by atoms with E-state index in [0.29, 0.717) is 31.7 Å². The quantitative estimate of drug-likeness (QED) is 0.230. The second kappa shape index (κ2) is 19.4. The predicted octanol–water partition coefficient (Wildman–Crippen LogP) is 3.14. The minimum Gasteiger partial charge on any atom is -0.481 e. The zero-order chi connectivity index (χ0) is 43.3. The average Bonchev–Trinajstić information content (AvgIpc) is 4.06. The Morgan fingerprint density at radius 1 is 1.00 bits per heavy atom. The number of piperidine rings is 2. The van der Waals surface area contributed by atoms with Crippen molar-refractivity contribution in [2.45, 2.75) is 115 Å². The molecule has 328 valence electrons. The van der Waals surface area contributed by atoms with E-state index in [9.17, 15) is 32.3 Å². The zero-order valence-corrected chi connectivity index (χ0v) is 36.3. The number of aryl methyl sites for hydroxylation is 2. The van der Waals surface area contributed by atoms with Crippen LogP contribution in [0.5, 0.6) is 0 Å². The molecule has 4 aliphatic rings. The summed E-state index contributed by atoms with van der Waals surface area (Å²) >= 11 is 0. The SMILES string of the molecule is CC(C)(CO)[C@@H](O)C(=O)NCCC(=O)O.Cc1ncnc(C)c1C(=O)N1CCC(C)(N2CCN([C@H](c3cccc(F)c3)C3CCN(S(=O)(=O)C4CC4)CC3)[C@H](C)C2)CC1. The van der Waals surface area contributed by atoms with E-state index in [0.717, 1.165) is 75.1 Å². The number of rotatable bonds is 13. The van der Waals surface area contributed by atoms with E-state index in [4.69, 9.17) is 10.2 Å². The number of carboxylic acid groups (broad SMARTS) is 1. The molecular weight excluding hydrogens is 782 g/mol. The van der Waals surface area contributed by atoms with Crippen LogP contribution in [0.25, 0.3) is 0 Å². The van der Waals surface area contributed by atoms with E-state index < -0.39 is 33.4 Å². The number of nitrogens with zero attached hydrogens (tertiary/aromatic N) is 6. The van der Waals surface area contributed by atoms with E-state index in [-0.39, 0.29) is 60.1 Å². The number of halogens is 1. The van der Waals surface area contributed by atoms with E-state index in [1.54, 1.807) is 16.4 Å². The summed E-state index contributed by atoms with van der Waals surface area (Å²) in [6, 6.07) is 7.29. The monoisotopic (exact) mass is 845 g/mol. The smallest absolute Gasteiger partial charge is 0.305 e. The maximum Gasteiger partial charge on any atom is 0.305 e. The topological polar surface area (TPSA) is 197 Å². The molecule has 2 aromatic rings. The van der Waals surface area contributed by atoms with Gasteiger partial charge >= 0.3 is 5.97 Å². The lowest BCUT2D eigenvalue weighted by Crippen LogP contribution is -2.63. The maximum absolute atomic E-state index is 14.5. The van der Waals surface area contributed by atoms with Gasteiger partial charge in [-0.15, -0.1) is 0 Å². The number of piperazine rings is 1. The van der Waals surface area contributed by atoms with Crippen LogP contribution in [0.1, 0.15) is 106 Å². The third kappa shape index (κ3) is 11.2. The summed E-state index contributed by atoms with van der Waals surface area (Å²) in [5.74, 6) is -1.64. The molecule has 17 heteroatoms. The summed E-state index contributed by atoms with van der Waals surface area (Å²) in [5, 5.41) is 28.8. The van der Waals surface area contributed by atoms with Crippen LogP contribution < -0.4 is 5.32 Å². The highest BCUT2D eigenvalue weighted by atomic mass is 32.2. The zero-order valence-electron chi connectivity index (χ0n) is 35.4. The number of hydrogen-bond donors (Lipinski definition) is 4. The van der Waals surface area contributed by atoms with Crippen molar-refractivity contribution in [2.24, 2.45) is 11.3 Å². The summed E-state index contributed by atoms with van der Waals surface area (Å²) in [6.07, 6.45) is 4.90.